The average molecular weight is 167 g/mol. The van der Waals surface area contributed by atoms with Gasteiger partial charge in [-0.2, -0.15) is 0 Å². The summed E-state index contributed by atoms with van der Waals surface area (Å²) in [7, 11) is 0. The zero-order chi connectivity index (χ0) is 9.56. The standard InChI is InChI=1S/C11H21N/c1-6-8-12-11(9(3)4)10(5)7-2/h6,8-10H,7H2,1-5H3/b8-6-,12-11-/t10-/m0/s1. The molecular formula is C11H21N. The first kappa shape index (κ1) is 11.4. The molecule has 1 atom stereocenters. The molecule has 0 aromatic carbocycles. The van der Waals surface area contributed by atoms with E-state index in [4.69, 9.17) is 0 Å². The van der Waals surface area contributed by atoms with E-state index in [0.717, 1.165) is 0 Å². The van der Waals surface area contributed by atoms with E-state index >= 15 is 0 Å². The summed E-state index contributed by atoms with van der Waals surface area (Å²) in [5.41, 5.74) is 1.32. The Hall–Kier alpha value is -0.590. The molecule has 0 spiro atoms. The minimum Gasteiger partial charge on any atom is -0.265 e. The van der Waals surface area contributed by atoms with Crippen LogP contribution >= 0.6 is 0 Å². The Balaban J connectivity index is 4.42. The molecule has 0 aliphatic heterocycles. The molecule has 0 aliphatic carbocycles. The molecule has 70 valence electrons. The third kappa shape index (κ3) is 3.70. The van der Waals surface area contributed by atoms with Gasteiger partial charge in [0, 0.05) is 11.9 Å². The monoisotopic (exact) mass is 167 g/mol. The molecule has 0 aromatic rings. The van der Waals surface area contributed by atoms with Crippen LogP contribution in [0.4, 0.5) is 0 Å². The second-order valence-electron chi connectivity index (χ2n) is 3.50. The number of allylic oxidation sites excluding steroid dienone is 1. The SMILES string of the molecule is C/C=C\N=C(\C(C)C)[C@@H](C)CC. The number of hydrogen-bond donors (Lipinski definition) is 0. The van der Waals surface area contributed by atoms with Crippen LogP contribution < -0.4 is 0 Å². The molecule has 0 saturated heterocycles. The summed E-state index contributed by atoms with van der Waals surface area (Å²) in [6, 6.07) is 0. The van der Waals surface area contributed by atoms with Crippen molar-refractivity contribution in [2.75, 3.05) is 0 Å². The van der Waals surface area contributed by atoms with Gasteiger partial charge in [-0.15, -0.1) is 0 Å². The van der Waals surface area contributed by atoms with Crippen LogP contribution in [0.3, 0.4) is 0 Å². The Bertz CT molecular complexity index is 166. The van der Waals surface area contributed by atoms with Gasteiger partial charge in [0.15, 0.2) is 0 Å². The predicted octanol–water partition coefficient (Wildman–Crippen LogP) is 3.66. The zero-order valence-corrected chi connectivity index (χ0v) is 8.96. The maximum Gasteiger partial charge on any atom is 0.0232 e. The van der Waals surface area contributed by atoms with Crippen molar-refractivity contribution in [1.82, 2.24) is 0 Å². The summed E-state index contributed by atoms with van der Waals surface area (Å²) in [6.45, 7) is 10.8. The van der Waals surface area contributed by atoms with Gasteiger partial charge in [0.1, 0.15) is 0 Å². The second kappa shape index (κ2) is 5.99. The molecule has 0 radical (unpaired) electrons. The highest BCUT2D eigenvalue weighted by atomic mass is 14.7. The van der Waals surface area contributed by atoms with Gasteiger partial charge in [0.25, 0.3) is 0 Å². The lowest BCUT2D eigenvalue weighted by Gasteiger charge is -2.15. The quantitative estimate of drug-likeness (QED) is 0.567. The van der Waals surface area contributed by atoms with Gasteiger partial charge in [-0.1, -0.05) is 33.8 Å². The smallest absolute Gasteiger partial charge is 0.0232 e. The molecule has 0 saturated carbocycles. The third-order valence-corrected chi connectivity index (χ3v) is 2.08. The van der Waals surface area contributed by atoms with Gasteiger partial charge in [-0.3, -0.25) is 4.99 Å². The van der Waals surface area contributed by atoms with Crippen LogP contribution in [0.2, 0.25) is 0 Å². The average Bonchev–Trinajstić information content (AvgIpc) is 2.04. The van der Waals surface area contributed by atoms with E-state index in [1.165, 1.54) is 12.1 Å². The van der Waals surface area contributed by atoms with Gasteiger partial charge in [-0.25, -0.2) is 0 Å². The highest BCUT2D eigenvalue weighted by Crippen LogP contribution is 2.12. The normalized spacial score (nSPS) is 16.0. The van der Waals surface area contributed by atoms with E-state index in [2.05, 4.69) is 32.7 Å². The lowest BCUT2D eigenvalue weighted by molar-refractivity contribution is 0.684. The third-order valence-electron chi connectivity index (χ3n) is 2.08. The van der Waals surface area contributed by atoms with Crippen molar-refractivity contribution in [2.24, 2.45) is 16.8 Å². The Labute approximate surface area is 76.6 Å². The highest BCUT2D eigenvalue weighted by Gasteiger charge is 2.11. The van der Waals surface area contributed by atoms with Crippen LogP contribution in [0.25, 0.3) is 0 Å². The maximum absolute atomic E-state index is 4.45. The fourth-order valence-corrected chi connectivity index (χ4v) is 1.22. The first-order valence-corrected chi connectivity index (χ1v) is 4.82. The van der Waals surface area contributed by atoms with Crippen molar-refractivity contribution in [3.8, 4) is 0 Å². The molecule has 0 fully saturated rings. The van der Waals surface area contributed by atoms with Crippen LogP contribution in [0.15, 0.2) is 17.3 Å². The first-order chi connectivity index (χ1) is 5.63. The van der Waals surface area contributed by atoms with Gasteiger partial charge >= 0.3 is 0 Å². The lowest BCUT2D eigenvalue weighted by atomic mass is 9.94. The Morgan fingerprint density at radius 2 is 1.92 bits per heavy atom. The molecule has 1 heteroatoms. The summed E-state index contributed by atoms with van der Waals surface area (Å²) in [4.78, 5) is 4.45. The van der Waals surface area contributed by atoms with E-state index < -0.39 is 0 Å². The van der Waals surface area contributed by atoms with Crippen molar-refractivity contribution in [3.05, 3.63) is 12.3 Å². The largest absolute Gasteiger partial charge is 0.265 e. The summed E-state index contributed by atoms with van der Waals surface area (Å²) in [5, 5.41) is 0. The Morgan fingerprint density at radius 1 is 1.33 bits per heavy atom. The molecule has 1 nitrogen and oxygen atoms in total. The van der Waals surface area contributed by atoms with E-state index in [0.29, 0.717) is 11.8 Å². The van der Waals surface area contributed by atoms with E-state index in [-0.39, 0.29) is 0 Å². The zero-order valence-electron chi connectivity index (χ0n) is 8.96. The van der Waals surface area contributed by atoms with E-state index in [9.17, 15) is 0 Å². The minimum absolute atomic E-state index is 0.566. The summed E-state index contributed by atoms with van der Waals surface area (Å²) < 4.78 is 0. The first-order valence-electron chi connectivity index (χ1n) is 4.82. The van der Waals surface area contributed by atoms with Gasteiger partial charge in [0.2, 0.25) is 0 Å². The van der Waals surface area contributed by atoms with Crippen LogP contribution in [0.1, 0.15) is 41.0 Å². The van der Waals surface area contributed by atoms with Gasteiger partial charge in [-0.05, 0) is 25.2 Å². The summed E-state index contributed by atoms with van der Waals surface area (Å²) >= 11 is 0. The van der Waals surface area contributed by atoms with Crippen LogP contribution in [-0.2, 0) is 0 Å². The van der Waals surface area contributed by atoms with Crippen LogP contribution in [0, 0.1) is 11.8 Å². The number of nitrogens with zero attached hydrogens (tertiary/aromatic N) is 1. The van der Waals surface area contributed by atoms with Crippen LogP contribution in [0.5, 0.6) is 0 Å². The summed E-state index contributed by atoms with van der Waals surface area (Å²) in [6.07, 6.45) is 5.04. The van der Waals surface area contributed by atoms with E-state index in [1.807, 2.05) is 19.2 Å². The Morgan fingerprint density at radius 3 is 2.25 bits per heavy atom. The van der Waals surface area contributed by atoms with Crippen LogP contribution in [-0.4, -0.2) is 5.71 Å². The lowest BCUT2D eigenvalue weighted by Crippen LogP contribution is -2.16. The maximum atomic E-state index is 4.45. The molecule has 0 rings (SSSR count). The fourth-order valence-electron chi connectivity index (χ4n) is 1.22. The second-order valence-corrected chi connectivity index (χ2v) is 3.50. The molecule has 0 heterocycles. The highest BCUT2D eigenvalue weighted by molar-refractivity contribution is 5.88. The topological polar surface area (TPSA) is 12.4 Å². The minimum atomic E-state index is 0.566. The molecule has 0 N–H and O–H groups in total. The molecule has 0 bridgehead atoms. The van der Waals surface area contributed by atoms with Crippen molar-refractivity contribution in [2.45, 2.75) is 41.0 Å². The molecule has 12 heavy (non-hydrogen) atoms. The molecule has 0 aromatic heterocycles. The predicted molar refractivity (Wildman–Crippen MR) is 56.5 cm³/mol. The Kier molecular flexibility index (Phi) is 5.69. The molecule has 0 aliphatic rings. The van der Waals surface area contributed by atoms with E-state index in [1.54, 1.807) is 0 Å². The van der Waals surface area contributed by atoms with Crippen molar-refractivity contribution < 1.29 is 0 Å². The number of aliphatic imine (C=N–C) groups is 1. The van der Waals surface area contributed by atoms with Gasteiger partial charge in [0.05, 0.1) is 0 Å². The number of hydrogen-bond acceptors (Lipinski definition) is 1. The summed E-state index contributed by atoms with van der Waals surface area (Å²) in [5.74, 6) is 1.18. The van der Waals surface area contributed by atoms with Crippen molar-refractivity contribution in [3.63, 3.8) is 0 Å². The molecule has 0 amide bonds. The number of rotatable bonds is 4. The molecule has 0 unspecified atom stereocenters. The van der Waals surface area contributed by atoms with Gasteiger partial charge < -0.3 is 0 Å². The molecular weight excluding hydrogens is 146 g/mol. The van der Waals surface area contributed by atoms with Crippen molar-refractivity contribution in [1.29, 1.82) is 0 Å². The van der Waals surface area contributed by atoms with Crippen molar-refractivity contribution >= 4 is 5.71 Å². The fraction of sp³-hybridized carbons (Fsp3) is 0.727.